The number of halogens is 1. The Morgan fingerprint density at radius 2 is 2.00 bits per heavy atom. The lowest BCUT2D eigenvalue weighted by molar-refractivity contribution is -0.121. The molecule has 8 heteroatoms. The van der Waals surface area contributed by atoms with Crippen molar-refractivity contribution in [3.63, 3.8) is 0 Å². The van der Waals surface area contributed by atoms with Crippen LogP contribution in [0.5, 0.6) is 0 Å². The number of nitrogens with one attached hydrogen (secondary N) is 1. The van der Waals surface area contributed by atoms with E-state index in [1.54, 1.807) is 37.4 Å². The van der Waals surface area contributed by atoms with Crippen molar-refractivity contribution < 1.29 is 17.6 Å². The average Bonchev–Trinajstić information content (AvgIpc) is 3.11. The molecule has 3 N–H and O–H groups in total. The van der Waals surface area contributed by atoms with Gasteiger partial charge in [-0.25, -0.2) is 12.8 Å². The van der Waals surface area contributed by atoms with Gasteiger partial charge >= 0.3 is 0 Å². The van der Waals surface area contributed by atoms with E-state index >= 15 is 0 Å². The van der Waals surface area contributed by atoms with Crippen LogP contribution in [0.25, 0.3) is 22.0 Å². The number of H-pyrrole nitrogens is 1. The van der Waals surface area contributed by atoms with Crippen molar-refractivity contribution in [3.8, 4) is 11.1 Å². The van der Waals surface area contributed by atoms with E-state index < -0.39 is 28.0 Å². The van der Waals surface area contributed by atoms with E-state index in [0.717, 1.165) is 20.8 Å². The number of benzene rings is 2. The molecule has 3 aromatic rings. The van der Waals surface area contributed by atoms with E-state index in [4.69, 9.17) is 5.73 Å². The number of rotatable bonds is 3. The summed E-state index contributed by atoms with van der Waals surface area (Å²) in [6.07, 6.45) is 1.77. The molecule has 0 radical (unpaired) electrons. The number of carbonyl (C=O) groups excluding carboxylic acids is 1. The van der Waals surface area contributed by atoms with Gasteiger partial charge in [-0.15, -0.1) is 0 Å². The average molecular weight is 387 g/mol. The lowest BCUT2D eigenvalue weighted by Gasteiger charge is -2.24. The SMILES string of the molecule is CC(C(N)=O)N1C(C)c2cc(-c3c[nH]c4cc(F)ccc34)ccc2S1(=O)=O. The third-order valence-corrected chi connectivity index (χ3v) is 7.26. The van der Waals surface area contributed by atoms with E-state index in [1.807, 2.05) is 0 Å². The molecule has 0 aliphatic carbocycles. The zero-order chi connectivity index (χ0) is 19.5. The lowest BCUT2D eigenvalue weighted by atomic mass is 9.99. The Morgan fingerprint density at radius 3 is 2.70 bits per heavy atom. The second kappa shape index (κ2) is 5.90. The van der Waals surface area contributed by atoms with Crippen molar-refractivity contribution in [2.45, 2.75) is 30.8 Å². The normalized spacial score (nSPS) is 19.9. The molecule has 0 saturated carbocycles. The number of hydrogen-bond donors (Lipinski definition) is 2. The van der Waals surface area contributed by atoms with Crippen LogP contribution in [0.4, 0.5) is 4.39 Å². The molecule has 2 heterocycles. The molecular formula is C19H18FN3O3S. The van der Waals surface area contributed by atoms with Gasteiger partial charge in [0.15, 0.2) is 0 Å². The van der Waals surface area contributed by atoms with Crippen LogP contribution in [0, 0.1) is 5.82 Å². The zero-order valence-corrected chi connectivity index (χ0v) is 15.5. The molecule has 0 fully saturated rings. The molecule has 6 nitrogen and oxygen atoms in total. The minimum absolute atomic E-state index is 0.178. The van der Waals surface area contributed by atoms with Gasteiger partial charge in [0.1, 0.15) is 11.9 Å². The van der Waals surface area contributed by atoms with Gasteiger partial charge in [-0.1, -0.05) is 6.07 Å². The topological polar surface area (TPSA) is 96.3 Å². The Bertz CT molecular complexity index is 1190. The van der Waals surface area contributed by atoms with Crippen LogP contribution < -0.4 is 5.73 Å². The molecule has 1 amide bonds. The van der Waals surface area contributed by atoms with Crippen molar-refractivity contribution in [2.24, 2.45) is 5.73 Å². The standard InChI is InChI=1S/C19H18FN3O3S/c1-10-15-7-12(16-9-22-17-8-13(20)4-5-14(16)17)3-6-18(15)27(25,26)23(10)11(2)19(21)24/h3-11,22H,1-2H3,(H2,21,24). The number of sulfonamides is 1. The maximum atomic E-state index is 13.4. The van der Waals surface area contributed by atoms with Crippen molar-refractivity contribution in [2.75, 3.05) is 0 Å². The number of carbonyl (C=O) groups is 1. The highest BCUT2D eigenvalue weighted by Crippen LogP contribution is 2.43. The first-order valence-corrected chi connectivity index (χ1v) is 9.89. The minimum atomic E-state index is -3.80. The number of amides is 1. The van der Waals surface area contributed by atoms with Crippen LogP contribution in [0.1, 0.15) is 25.5 Å². The van der Waals surface area contributed by atoms with Gasteiger partial charge in [-0.2, -0.15) is 4.31 Å². The Labute approximate surface area is 155 Å². The van der Waals surface area contributed by atoms with Crippen LogP contribution in [0.2, 0.25) is 0 Å². The monoisotopic (exact) mass is 387 g/mol. The fourth-order valence-electron chi connectivity index (χ4n) is 3.74. The van der Waals surface area contributed by atoms with E-state index in [0.29, 0.717) is 11.1 Å². The Kier molecular flexibility index (Phi) is 3.87. The number of fused-ring (bicyclic) bond motifs is 2. The number of primary amides is 1. The maximum absolute atomic E-state index is 13.4. The first-order chi connectivity index (χ1) is 12.7. The van der Waals surface area contributed by atoms with Crippen LogP contribution in [0.15, 0.2) is 47.5 Å². The molecule has 2 unspecified atom stereocenters. The molecule has 140 valence electrons. The fourth-order valence-corrected chi connectivity index (χ4v) is 5.79. The summed E-state index contributed by atoms with van der Waals surface area (Å²) < 4.78 is 40.3. The molecule has 0 spiro atoms. The summed E-state index contributed by atoms with van der Waals surface area (Å²) in [7, 11) is -3.80. The van der Waals surface area contributed by atoms with Crippen LogP contribution in [0.3, 0.4) is 0 Å². The highest BCUT2D eigenvalue weighted by molar-refractivity contribution is 7.89. The van der Waals surface area contributed by atoms with Gasteiger partial charge in [0, 0.05) is 28.7 Å². The number of nitrogens with two attached hydrogens (primary N) is 1. The van der Waals surface area contributed by atoms with Gasteiger partial charge < -0.3 is 10.7 Å². The molecule has 2 aromatic carbocycles. The minimum Gasteiger partial charge on any atom is -0.368 e. The number of aromatic nitrogens is 1. The van der Waals surface area contributed by atoms with Gasteiger partial charge in [-0.3, -0.25) is 4.79 Å². The van der Waals surface area contributed by atoms with Gasteiger partial charge in [0.2, 0.25) is 15.9 Å². The van der Waals surface area contributed by atoms with Gasteiger partial charge in [-0.05, 0) is 55.3 Å². The summed E-state index contributed by atoms with van der Waals surface area (Å²) in [5, 5.41) is 0.840. The second-order valence-electron chi connectivity index (χ2n) is 6.73. The van der Waals surface area contributed by atoms with Crippen molar-refractivity contribution >= 4 is 26.8 Å². The smallest absolute Gasteiger partial charge is 0.244 e. The number of nitrogens with zero attached hydrogens (tertiary/aromatic N) is 1. The van der Waals surface area contributed by atoms with E-state index in [9.17, 15) is 17.6 Å². The third kappa shape index (κ3) is 2.55. The summed E-state index contributed by atoms with van der Waals surface area (Å²) in [5.41, 5.74) is 8.26. The van der Waals surface area contributed by atoms with Gasteiger partial charge in [0.05, 0.1) is 4.90 Å². The quantitative estimate of drug-likeness (QED) is 0.723. The van der Waals surface area contributed by atoms with Crippen molar-refractivity contribution in [3.05, 3.63) is 54.0 Å². The molecular weight excluding hydrogens is 369 g/mol. The lowest BCUT2D eigenvalue weighted by Crippen LogP contribution is -2.44. The van der Waals surface area contributed by atoms with Crippen LogP contribution in [-0.2, 0) is 14.8 Å². The number of aromatic amines is 1. The Balaban J connectivity index is 1.85. The fraction of sp³-hybridized carbons (Fsp3) is 0.211. The zero-order valence-electron chi connectivity index (χ0n) is 14.7. The van der Waals surface area contributed by atoms with E-state index in [2.05, 4.69) is 4.98 Å². The highest BCUT2D eigenvalue weighted by Gasteiger charge is 2.44. The maximum Gasteiger partial charge on any atom is 0.244 e. The van der Waals surface area contributed by atoms with E-state index in [-0.39, 0.29) is 10.7 Å². The van der Waals surface area contributed by atoms with Gasteiger partial charge in [0.25, 0.3) is 0 Å². The predicted octanol–water partition coefficient (Wildman–Crippen LogP) is 2.91. The third-order valence-electron chi connectivity index (χ3n) is 5.15. The molecule has 0 saturated heterocycles. The van der Waals surface area contributed by atoms with E-state index in [1.165, 1.54) is 19.1 Å². The summed E-state index contributed by atoms with van der Waals surface area (Å²) in [5.74, 6) is -1.03. The summed E-state index contributed by atoms with van der Waals surface area (Å²) in [6.45, 7) is 3.22. The first kappa shape index (κ1) is 17.7. The molecule has 0 bridgehead atoms. The second-order valence-corrected chi connectivity index (χ2v) is 8.55. The molecule has 27 heavy (non-hydrogen) atoms. The Morgan fingerprint density at radius 1 is 1.26 bits per heavy atom. The molecule has 1 aliphatic rings. The number of hydrogen-bond acceptors (Lipinski definition) is 3. The summed E-state index contributed by atoms with van der Waals surface area (Å²) in [6, 6.07) is 8.08. The largest absolute Gasteiger partial charge is 0.368 e. The highest BCUT2D eigenvalue weighted by atomic mass is 32.2. The van der Waals surface area contributed by atoms with Crippen molar-refractivity contribution in [1.29, 1.82) is 0 Å². The summed E-state index contributed by atoms with van der Waals surface area (Å²) in [4.78, 5) is 14.8. The molecule has 1 aromatic heterocycles. The van der Waals surface area contributed by atoms with Crippen LogP contribution in [-0.4, -0.2) is 29.7 Å². The molecule has 4 rings (SSSR count). The predicted molar refractivity (Wildman–Crippen MR) is 99.8 cm³/mol. The summed E-state index contributed by atoms with van der Waals surface area (Å²) >= 11 is 0. The molecule has 1 aliphatic heterocycles. The van der Waals surface area contributed by atoms with Crippen molar-refractivity contribution in [1.82, 2.24) is 9.29 Å². The first-order valence-electron chi connectivity index (χ1n) is 8.45. The van der Waals surface area contributed by atoms with Crippen LogP contribution >= 0.6 is 0 Å². The molecule has 2 atom stereocenters. The Hall–Kier alpha value is -2.71.